The van der Waals surface area contributed by atoms with Crippen LogP contribution in [0.3, 0.4) is 0 Å². The first-order valence-electron chi connectivity index (χ1n) is 10.1. The zero-order chi connectivity index (χ0) is 20.1. The van der Waals surface area contributed by atoms with Crippen LogP contribution in [0.15, 0.2) is 39.9 Å². The number of guanidine groups is 1. The van der Waals surface area contributed by atoms with E-state index in [0.717, 1.165) is 49.8 Å². The molecule has 0 spiro atoms. The molecule has 2 aliphatic rings. The van der Waals surface area contributed by atoms with Crippen LogP contribution in [0.1, 0.15) is 18.5 Å². The fraction of sp³-hybridized carbons (Fsp3) is 0.524. The second-order valence-corrected chi connectivity index (χ2v) is 7.28. The molecule has 0 saturated carbocycles. The second-order valence-electron chi connectivity index (χ2n) is 7.28. The van der Waals surface area contributed by atoms with Crippen molar-refractivity contribution in [1.82, 2.24) is 15.2 Å². The minimum Gasteiger partial charge on any atom is -0.444 e. The standard InChI is InChI=1S/C21H27FN4O3.HI/c1-23-21(26-10-12-28-19(13-26)18-3-2-11-27-18)24-9-8-17-14-29-20(25-17)15-4-6-16(22)7-5-15;/h4-7,14,18-19H,2-3,8-13H2,1H3,(H,23,24);1H. The van der Waals surface area contributed by atoms with Crippen molar-refractivity contribution in [1.29, 1.82) is 0 Å². The minimum absolute atomic E-state index is 0. The van der Waals surface area contributed by atoms with Crippen molar-refractivity contribution in [3.05, 3.63) is 42.0 Å². The topological polar surface area (TPSA) is 72.1 Å². The average Bonchev–Trinajstić information content (AvgIpc) is 3.44. The summed E-state index contributed by atoms with van der Waals surface area (Å²) in [6.07, 6.45) is 4.80. The highest BCUT2D eigenvalue weighted by atomic mass is 127. The summed E-state index contributed by atoms with van der Waals surface area (Å²) in [5.41, 5.74) is 1.60. The van der Waals surface area contributed by atoms with Crippen LogP contribution in [0.25, 0.3) is 11.5 Å². The van der Waals surface area contributed by atoms with E-state index in [9.17, 15) is 4.39 Å². The molecule has 0 aliphatic carbocycles. The lowest BCUT2D eigenvalue weighted by atomic mass is 10.1. The molecular formula is C21H28FIN4O3. The number of halogens is 2. The third kappa shape index (κ3) is 5.70. The quantitative estimate of drug-likeness (QED) is 0.364. The van der Waals surface area contributed by atoms with Gasteiger partial charge in [0.1, 0.15) is 18.2 Å². The molecule has 2 saturated heterocycles. The molecule has 1 aromatic carbocycles. The first-order chi connectivity index (χ1) is 14.2. The molecular weight excluding hydrogens is 502 g/mol. The van der Waals surface area contributed by atoms with Crippen LogP contribution < -0.4 is 5.32 Å². The summed E-state index contributed by atoms with van der Waals surface area (Å²) in [7, 11) is 1.79. The number of benzene rings is 1. The van der Waals surface area contributed by atoms with Crippen molar-refractivity contribution in [3.63, 3.8) is 0 Å². The largest absolute Gasteiger partial charge is 0.444 e. The van der Waals surface area contributed by atoms with E-state index in [0.29, 0.717) is 25.5 Å². The lowest BCUT2D eigenvalue weighted by Gasteiger charge is -2.37. The van der Waals surface area contributed by atoms with Gasteiger partial charge in [-0.3, -0.25) is 4.99 Å². The third-order valence-corrected chi connectivity index (χ3v) is 5.29. The molecule has 164 valence electrons. The molecule has 3 heterocycles. The first-order valence-corrected chi connectivity index (χ1v) is 10.1. The van der Waals surface area contributed by atoms with Crippen LogP contribution in [0.5, 0.6) is 0 Å². The summed E-state index contributed by atoms with van der Waals surface area (Å²) in [6, 6.07) is 6.12. The molecule has 2 atom stereocenters. The van der Waals surface area contributed by atoms with Crippen LogP contribution in [-0.4, -0.2) is 67.9 Å². The van der Waals surface area contributed by atoms with Gasteiger partial charge >= 0.3 is 0 Å². The molecule has 0 bridgehead atoms. The van der Waals surface area contributed by atoms with Gasteiger partial charge in [0.2, 0.25) is 5.89 Å². The summed E-state index contributed by atoms with van der Waals surface area (Å²) < 4.78 is 30.3. The Kier molecular flexibility index (Phi) is 8.46. The zero-order valence-corrected chi connectivity index (χ0v) is 19.4. The number of hydrogen-bond donors (Lipinski definition) is 1. The van der Waals surface area contributed by atoms with E-state index in [4.69, 9.17) is 13.9 Å². The van der Waals surface area contributed by atoms with E-state index in [1.165, 1.54) is 12.1 Å². The van der Waals surface area contributed by atoms with E-state index in [1.807, 2.05) is 0 Å². The van der Waals surface area contributed by atoms with E-state index >= 15 is 0 Å². The predicted molar refractivity (Wildman–Crippen MR) is 123 cm³/mol. The highest BCUT2D eigenvalue weighted by Crippen LogP contribution is 2.21. The van der Waals surface area contributed by atoms with Gasteiger partial charge in [-0.15, -0.1) is 24.0 Å². The Hall–Kier alpha value is -1.72. The van der Waals surface area contributed by atoms with Crippen LogP contribution in [-0.2, 0) is 15.9 Å². The number of aliphatic imine (C=N–C) groups is 1. The maximum atomic E-state index is 13.1. The van der Waals surface area contributed by atoms with Gasteiger partial charge in [-0.2, -0.15) is 0 Å². The molecule has 1 N–H and O–H groups in total. The normalized spacial score (nSPS) is 22.1. The van der Waals surface area contributed by atoms with E-state index < -0.39 is 0 Å². The Morgan fingerprint density at radius 2 is 2.03 bits per heavy atom. The van der Waals surface area contributed by atoms with Crippen LogP contribution in [0.4, 0.5) is 4.39 Å². The maximum Gasteiger partial charge on any atom is 0.226 e. The third-order valence-electron chi connectivity index (χ3n) is 5.29. The summed E-state index contributed by atoms with van der Waals surface area (Å²) in [5, 5.41) is 3.40. The molecule has 2 aromatic rings. The van der Waals surface area contributed by atoms with Crippen molar-refractivity contribution >= 4 is 29.9 Å². The van der Waals surface area contributed by atoms with Gasteiger partial charge in [-0.25, -0.2) is 9.37 Å². The molecule has 2 aliphatic heterocycles. The van der Waals surface area contributed by atoms with Gasteiger partial charge in [-0.1, -0.05) is 0 Å². The fourth-order valence-electron chi connectivity index (χ4n) is 3.77. The second kappa shape index (κ2) is 11.1. The number of hydrogen-bond acceptors (Lipinski definition) is 5. The Balaban J connectivity index is 0.00000256. The minimum atomic E-state index is -0.277. The number of nitrogens with zero attached hydrogens (tertiary/aromatic N) is 3. The van der Waals surface area contributed by atoms with Crippen LogP contribution in [0.2, 0.25) is 0 Å². The SMILES string of the molecule is CN=C(NCCc1coc(-c2ccc(F)cc2)n1)N1CCOC(C2CCCO2)C1.I. The summed E-state index contributed by atoms with van der Waals surface area (Å²) in [5.74, 6) is 1.08. The Labute approximate surface area is 193 Å². The summed E-state index contributed by atoms with van der Waals surface area (Å²) in [4.78, 5) is 11.1. The zero-order valence-electron chi connectivity index (χ0n) is 17.1. The molecule has 4 rings (SSSR count). The molecule has 2 unspecified atom stereocenters. The van der Waals surface area contributed by atoms with Crippen molar-refractivity contribution in [2.75, 3.05) is 39.9 Å². The first kappa shape index (κ1) is 23.0. The smallest absolute Gasteiger partial charge is 0.226 e. The Morgan fingerprint density at radius 3 is 2.77 bits per heavy atom. The summed E-state index contributed by atoms with van der Waals surface area (Å²) >= 11 is 0. The lowest BCUT2D eigenvalue weighted by Crippen LogP contribution is -2.53. The Morgan fingerprint density at radius 1 is 1.23 bits per heavy atom. The molecule has 7 nitrogen and oxygen atoms in total. The lowest BCUT2D eigenvalue weighted by molar-refractivity contribution is -0.0816. The van der Waals surface area contributed by atoms with Crippen molar-refractivity contribution in [2.45, 2.75) is 31.5 Å². The molecule has 0 radical (unpaired) electrons. The predicted octanol–water partition coefficient (Wildman–Crippen LogP) is 3.10. The van der Waals surface area contributed by atoms with Crippen LogP contribution >= 0.6 is 24.0 Å². The monoisotopic (exact) mass is 530 g/mol. The Bertz CT molecular complexity index is 824. The fourth-order valence-corrected chi connectivity index (χ4v) is 3.77. The van der Waals surface area contributed by atoms with Crippen molar-refractivity contribution in [3.8, 4) is 11.5 Å². The van der Waals surface area contributed by atoms with Gasteiger partial charge in [0.25, 0.3) is 0 Å². The number of oxazole rings is 1. The average molecular weight is 530 g/mol. The molecule has 0 amide bonds. The van der Waals surface area contributed by atoms with Gasteiger partial charge in [-0.05, 0) is 37.1 Å². The molecule has 30 heavy (non-hydrogen) atoms. The highest BCUT2D eigenvalue weighted by molar-refractivity contribution is 14.0. The molecule has 2 fully saturated rings. The van der Waals surface area contributed by atoms with Crippen molar-refractivity contribution in [2.24, 2.45) is 4.99 Å². The highest BCUT2D eigenvalue weighted by Gasteiger charge is 2.32. The number of nitrogens with one attached hydrogen (secondary N) is 1. The molecule has 9 heteroatoms. The maximum absolute atomic E-state index is 13.1. The number of ether oxygens (including phenoxy) is 2. The number of morpholine rings is 1. The van der Waals surface area contributed by atoms with Gasteiger partial charge < -0.3 is 24.1 Å². The van der Waals surface area contributed by atoms with Gasteiger partial charge in [0.05, 0.1) is 18.4 Å². The van der Waals surface area contributed by atoms with Crippen molar-refractivity contribution < 1.29 is 18.3 Å². The van der Waals surface area contributed by atoms with E-state index in [2.05, 4.69) is 20.2 Å². The van der Waals surface area contributed by atoms with E-state index in [1.54, 1.807) is 25.4 Å². The van der Waals surface area contributed by atoms with Crippen LogP contribution in [0, 0.1) is 5.82 Å². The van der Waals surface area contributed by atoms with Gasteiger partial charge in [0.15, 0.2) is 5.96 Å². The van der Waals surface area contributed by atoms with Gasteiger partial charge in [0, 0.05) is 45.3 Å². The number of rotatable bonds is 5. The summed E-state index contributed by atoms with van der Waals surface area (Å²) in [6.45, 7) is 3.78. The number of aromatic nitrogens is 1. The van der Waals surface area contributed by atoms with E-state index in [-0.39, 0.29) is 42.0 Å². The molecule has 1 aromatic heterocycles.